The van der Waals surface area contributed by atoms with Gasteiger partial charge in [0.25, 0.3) is 0 Å². The highest BCUT2D eigenvalue weighted by atomic mass is 32.1. The van der Waals surface area contributed by atoms with Crippen LogP contribution in [0, 0.1) is 19.7 Å². The van der Waals surface area contributed by atoms with Gasteiger partial charge in [0.05, 0.1) is 12.8 Å². The summed E-state index contributed by atoms with van der Waals surface area (Å²) in [7, 11) is 1.45. The molecule has 0 aliphatic heterocycles. The first-order valence-electron chi connectivity index (χ1n) is 7.20. The number of aromatic nitrogens is 1. The maximum absolute atomic E-state index is 13.8. The number of hydrogen-bond donors (Lipinski definition) is 1. The fraction of sp³-hybridized carbons (Fsp3) is 0.167. The summed E-state index contributed by atoms with van der Waals surface area (Å²) in [5, 5.41) is 5.97. The van der Waals surface area contributed by atoms with Gasteiger partial charge >= 0.3 is 0 Å². The molecular formula is C18H17FN2OS. The Bertz CT molecular complexity index is 845. The zero-order chi connectivity index (χ0) is 16.4. The average Bonchev–Trinajstić information content (AvgIpc) is 2.99. The number of methoxy groups -OCH3 is 1. The number of hydrogen-bond acceptors (Lipinski definition) is 4. The third kappa shape index (κ3) is 3.35. The van der Waals surface area contributed by atoms with E-state index in [1.54, 1.807) is 12.1 Å². The molecule has 1 N–H and O–H groups in total. The minimum atomic E-state index is -0.387. The van der Waals surface area contributed by atoms with Crippen LogP contribution in [-0.2, 0) is 0 Å². The standard InChI is InChI=1S/C18H17FN2OS/c1-11-4-6-14(8-12(11)2)20-18-21-16(10-23-18)13-5-7-17(22-3)15(19)9-13/h4-10H,1-3H3,(H,20,21). The number of halogens is 1. The van der Waals surface area contributed by atoms with Crippen molar-refractivity contribution in [1.29, 1.82) is 0 Å². The van der Waals surface area contributed by atoms with E-state index in [2.05, 4.69) is 36.3 Å². The number of anilines is 2. The Hall–Kier alpha value is -2.40. The summed E-state index contributed by atoms with van der Waals surface area (Å²) in [6, 6.07) is 11.0. The second kappa shape index (κ2) is 6.38. The summed E-state index contributed by atoms with van der Waals surface area (Å²) in [6.45, 7) is 4.16. The molecule has 0 aliphatic carbocycles. The molecule has 0 aliphatic rings. The van der Waals surface area contributed by atoms with Crippen molar-refractivity contribution >= 4 is 22.2 Å². The van der Waals surface area contributed by atoms with Crippen molar-refractivity contribution in [2.75, 3.05) is 12.4 Å². The van der Waals surface area contributed by atoms with E-state index in [1.165, 1.54) is 35.6 Å². The van der Waals surface area contributed by atoms with E-state index in [9.17, 15) is 4.39 Å². The van der Waals surface area contributed by atoms with Gasteiger partial charge in [0, 0.05) is 16.6 Å². The lowest BCUT2D eigenvalue weighted by molar-refractivity contribution is 0.386. The largest absolute Gasteiger partial charge is 0.494 e. The zero-order valence-corrected chi connectivity index (χ0v) is 14.0. The third-order valence-corrected chi connectivity index (χ3v) is 4.47. The fourth-order valence-corrected chi connectivity index (χ4v) is 2.97. The molecule has 0 spiro atoms. The van der Waals surface area contributed by atoms with Crippen molar-refractivity contribution in [3.05, 3.63) is 58.7 Å². The quantitative estimate of drug-likeness (QED) is 0.704. The van der Waals surface area contributed by atoms with Crippen LogP contribution in [0.25, 0.3) is 11.3 Å². The molecule has 118 valence electrons. The molecule has 3 nitrogen and oxygen atoms in total. The van der Waals surface area contributed by atoms with Gasteiger partial charge in [-0.05, 0) is 55.3 Å². The number of nitrogens with one attached hydrogen (secondary N) is 1. The van der Waals surface area contributed by atoms with Crippen molar-refractivity contribution < 1.29 is 9.13 Å². The number of benzene rings is 2. The van der Waals surface area contributed by atoms with Crippen LogP contribution < -0.4 is 10.1 Å². The van der Waals surface area contributed by atoms with Gasteiger partial charge in [0.1, 0.15) is 0 Å². The van der Waals surface area contributed by atoms with Crippen LogP contribution in [0.4, 0.5) is 15.2 Å². The van der Waals surface area contributed by atoms with Crippen LogP contribution in [0.1, 0.15) is 11.1 Å². The van der Waals surface area contributed by atoms with Crippen LogP contribution in [0.2, 0.25) is 0 Å². The second-order valence-corrected chi connectivity index (χ2v) is 6.17. The molecule has 5 heteroatoms. The smallest absolute Gasteiger partial charge is 0.187 e. The van der Waals surface area contributed by atoms with Crippen LogP contribution in [-0.4, -0.2) is 12.1 Å². The summed E-state index contributed by atoms with van der Waals surface area (Å²) in [5.41, 5.74) is 4.94. The van der Waals surface area contributed by atoms with Crippen molar-refractivity contribution in [2.45, 2.75) is 13.8 Å². The molecule has 0 bridgehead atoms. The Labute approximate surface area is 138 Å². The van der Waals surface area contributed by atoms with E-state index < -0.39 is 0 Å². The van der Waals surface area contributed by atoms with Crippen LogP contribution in [0.15, 0.2) is 41.8 Å². The van der Waals surface area contributed by atoms with E-state index in [-0.39, 0.29) is 11.6 Å². The summed E-state index contributed by atoms with van der Waals surface area (Å²) in [6.07, 6.45) is 0. The fourth-order valence-electron chi connectivity index (χ4n) is 2.23. The number of nitrogens with zero attached hydrogens (tertiary/aromatic N) is 1. The topological polar surface area (TPSA) is 34.1 Å². The number of thiazole rings is 1. The van der Waals surface area contributed by atoms with E-state index >= 15 is 0 Å². The minimum Gasteiger partial charge on any atom is -0.494 e. The maximum atomic E-state index is 13.8. The normalized spacial score (nSPS) is 10.6. The maximum Gasteiger partial charge on any atom is 0.187 e. The number of ether oxygens (including phenoxy) is 1. The average molecular weight is 328 g/mol. The van der Waals surface area contributed by atoms with Crippen LogP contribution in [0.3, 0.4) is 0 Å². The van der Waals surface area contributed by atoms with Crippen molar-refractivity contribution in [3.8, 4) is 17.0 Å². The lowest BCUT2D eigenvalue weighted by atomic mass is 10.1. The third-order valence-electron chi connectivity index (χ3n) is 3.71. The molecular weight excluding hydrogens is 311 g/mol. The lowest BCUT2D eigenvalue weighted by Gasteiger charge is -2.06. The van der Waals surface area contributed by atoms with Gasteiger partial charge in [-0.2, -0.15) is 0 Å². The number of aryl methyl sites for hydroxylation is 2. The first-order chi connectivity index (χ1) is 11.1. The monoisotopic (exact) mass is 328 g/mol. The molecule has 23 heavy (non-hydrogen) atoms. The van der Waals surface area contributed by atoms with Crippen molar-refractivity contribution in [2.24, 2.45) is 0 Å². The molecule has 0 saturated heterocycles. The molecule has 3 aromatic rings. The predicted octanol–water partition coefficient (Wildman–Crippen LogP) is 5.32. The Morgan fingerprint density at radius 1 is 1.09 bits per heavy atom. The molecule has 2 aromatic carbocycles. The highest BCUT2D eigenvalue weighted by molar-refractivity contribution is 7.14. The minimum absolute atomic E-state index is 0.234. The molecule has 0 unspecified atom stereocenters. The Kier molecular flexibility index (Phi) is 4.30. The van der Waals surface area contributed by atoms with Gasteiger partial charge in [-0.25, -0.2) is 9.37 Å². The molecule has 0 fully saturated rings. The van der Waals surface area contributed by atoms with Crippen LogP contribution >= 0.6 is 11.3 Å². The van der Waals surface area contributed by atoms with Crippen molar-refractivity contribution in [3.63, 3.8) is 0 Å². The van der Waals surface area contributed by atoms with Crippen LogP contribution in [0.5, 0.6) is 5.75 Å². The van der Waals surface area contributed by atoms with E-state index in [0.717, 1.165) is 22.1 Å². The van der Waals surface area contributed by atoms with Gasteiger partial charge in [-0.3, -0.25) is 0 Å². The molecule has 1 aromatic heterocycles. The molecule has 3 rings (SSSR count). The highest BCUT2D eigenvalue weighted by Crippen LogP contribution is 2.30. The molecule has 0 amide bonds. The second-order valence-electron chi connectivity index (χ2n) is 5.31. The van der Waals surface area contributed by atoms with Crippen molar-refractivity contribution in [1.82, 2.24) is 4.98 Å². The Morgan fingerprint density at radius 2 is 1.91 bits per heavy atom. The first kappa shape index (κ1) is 15.5. The SMILES string of the molecule is COc1ccc(-c2csc(Nc3ccc(C)c(C)c3)n2)cc1F. The summed E-state index contributed by atoms with van der Waals surface area (Å²) in [4.78, 5) is 4.52. The molecule has 1 heterocycles. The van der Waals surface area contributed by atoms with E-state index in [0.29, 0.717) is 0 Å². The van der Waals surface area contributed by atoms with Gasteiger partial charge in [-0.15, -0.1) is 11.3 Å². The molecule has 0 atom stereocenters. The Morgan fingerprint density at radius 3 is 2.61 bits per heavy atom. The first-order valence-corrected chi connectivity index (χ1v) is 8.08. The number of rotatable bonds is 4. The Balaban J connectivity index is 1.82. The van der Waals surface area contributed by atoms with Gasteiger partial charge in [0.2, 0.25) is 0 Å². The van der Waals surface area contributed by atoms with E-state index in [4.69, 9.17) is 4.74 Å². The summed E-state index contributed by atoms with van der Waals surface area (Å²) >= 11 is 1.49. The summed E-state index contributed by atoms with van der Waals surface area (Å²) < 4.78 is 18.7. The summed E-state index contributed by atoms with van der Waals surface area (Å²) in [5.74, 6) is -0.154. The van der Waals surface area contributed by atoms with Gasteiger partial charge in [-0.1, -0.05) is 6.07 Å². The molecule has 0 saturated carbocycles. The zero-order valence-electron chi connectivity index (χ0n) is 13.2. The molecule has 0 radical (unpaired) electrons. The van der Waals surface area contributed by atoms with Gasteiger partial charge in [0.15, 0.2) is 16.7 Å². The highest BCUT2D eigenvalue weighted by Gasteiger charge is 2.09. The van der Waals surface area contributed by atoms with Gasteiger partial charge < -0.3 is 10.1 Å². The lowest BCUT2D eigenvalue weighted by Crippen LogP contribution is -1.92. The predicted molar refractivity (Wildman–Crippen MR) is 93.3 cm³/mol. The van der Waals surface area contributed by atoms with E-state index in [1.807, 2.05) is 11.4 Å².